The molecule has 104 valence electrons. The molecular formula is C14H14BrClN4. The Balaban J connectivity index is 2.29. The number of anilines is 1. The molecule has 20 heavy (non-hydrogen) atoms. The van der Waals surface area contributed by atoms with E-state index in [4.69, 9.17) is 17.4 Å². The van der Waals surface area contributed by atoms with Crippen molar-refractivity contribution in [2.45, 2.75) is 6.92 Å². The third-order valence-electron chi connectivity index (χ3n) is 2.63. The van der Waals surface area contributed by atoms with Crippen molar-refractivity contribution in [3.63, 3.8) is 0 Å². The smallest absolute Gasteiger partial charge is 0.215 e. The highest BCUT2D eigenvalue weighted by atomic mass is 79.9. The van der Waals surface area contributed by atoms with E-state index in [9.17, 15) is 0 Å². The molecule has 0 fully saturated rings. The quantitative estimate of drug-likeness (QED) is 0.331. The van der Waals surface area contributed by atoms with Crippen molar-refractivity contribution < 1.29 is 0 Å². The molecule has 2 rings (SSSR count). The van der Waals surface area contributed by atoms with Crippen LogP contribution in [0.5, 0.6) is 0 Å². The minimum atomic E-state index is 0.428. The van der Waals surface area contributed by atoms with Crippen LogP contribution in [-0.2, 0) is 0 Å². The SMILES string of the molecule is Cc1cc(Br)c(N=C(NN)Nc2ccccc2)cc1Cl. The molecule has 4 nitrogen and oxygen atoms in total. The van der Waals surface area contributed by atoms with Crippen molar-refractivity contribution in [2.24, 2.45) is 10.8 Å². The van der Waals surface area contributed by atoms with Gasteiger partial charge in [-0.2, -0.15) is 0 Å². The summed E-state index contributed by atoms with van der Waals surface area (Å²) in [5, 5.41) is 3.74. The highest BCUT2D eigenvalue weighted by molar-refractivity contribution is 9.10. The number of nitrogens with zero attached hydrogens (tertiary/aromatic N) is 1. The first kappa shape index (κ1) is 14.8. The molecule has 2 aromatic carbocycles. The molecule has 0 amide bonds. The second-order valence-electron chi connectivity index (χ2n) is 4.15. The van der Waals surface area contributed by atoms with Gasteiger partial charge in [0.1, 0.15) is 0 Å². The van der Waals surface area contributed by atoms with Gasteiger partial charge in [-0.15, -0.1) is 0 Å². The summed E-state index contributed by atoms with van der Waals surface area (Å²) in [4.78, 5) is 4.41. The van der Waals surface area contributed by atoms with E-state index in [0.717, 1.165) is 15.7 Å². The number of hydrogen-bond donors (Lipinski definition) is 3. The minimum Gasteiger partial charge on any atom is -0.325 e. The van der Waals surface area contributed by atoms with E-state index in [0.29, 0.717) is 16.7 Å². The third-order valence-corrected chi connectivity index (χ3v) is 3.68. The van der Waals surface area contributed by atoms with Crippen LogP contribution in [0.25, 0.3) is 0 Å². The summed E-state index contributed by atoms with van der Waals surface area (Å²) >= 11 is 9.57. The lowest BCUT2D eigenvalue weighted by atomic mass is 10.2. The van der Waals surface area contributed by atoms with Crippen molar-refractivity contribution in [1.29, 1.82) is 0 Å². The Morgan fingerprint density at radius 3 is 2.60 bits per heavy atom. The largest absolute Gasteiger partial charge is 0.325 e. The van der Waals surface area contributed by atoms with Gasteiger partial charge in [-0.25, -0.2) is 10.8 Å². The van der Waals surface area contributed by atoms with Crippen LogP contribution in [0.15, 0.2) is 51.9 Å². The maximum absolute atomic E-state index is 6.11. The molecule has 0 aromatic heterocycles. The summed E-state index contributed by atoms with van der Waals surface area (Å²) in [6, 6.07) is 13.3. The van der Waals surface area contributed by atoms with E-state index < -0.39 is 0 Å². The number of nitrogens with one attached hydrogen (secondary N) is 2. The number of hydrogen-bond acceptors (Lipinski definition) is 2. The van der Waals surface area contributed by atoms with Gasteiger partial charge in [0.25, 0.3) is 0 Å². The van der Waals surface area contributed by atoms with Gasteiger partial charge in [0, 0.05) is 15.2 Å². The molecule has 6 heteroatoms. The van der Waals surface area contributed by atoms with Crippen molar-refractivity contribution in [3.8, 4) is 0 Å². The Bertz CT molecular complexity index is 629. The van der Waals surface area contributed by atoms with Gasteiger partial charge in [0.05, 0.1) is 5.69 Å². The standard InChI is InChI=1S/C14H14BrClN4/c1-9-7-11(15)13(8-12(9)16)19-14(20-17)18-10-5-3-2-4-6-10/h2-8H,17H2,1H3,(H2,18,19,20). The molecule has 0 aliphatic rings. The molecule has 0 spiro atoms. The fourth-order valence-corrected chi connectivity index (χ4v) is 2.30. The van der Waals surface area contributed by atoms with Gasteiger partial charge in [0.15, 0.2) is 0 Å². The highest BCUT2D eigenvalue weighted by Crippen LogP contribution is 2.31. The number of benzene rings is 2. The number of guanidine groups is 1. The lowest BCUT2D eigenvalue weighted by molar-refractivity contribution is 1.02. The molecule has 0 bridgehead atoms. The Morgan fingerprint density at radius 2 is 1.95 bits per heavy atom. The Morgan fingerprint density at radius 1 is 1.25 bits per heavy atom. The first-order valence-corrected chi connectivity index (χ1v) is 7.10. The van der Waals surface area contributed by atoms with E-state index in [-0.39, 0.29) is 0 Å². The van der Waals surface area contributed by atoms with Crippen LogP contribution in [0.1, 0.15) is 5.56 Å². The molecule has 4 N–H and O–H groups in total. The Labute approximate surface area is 131 Å². The fraction of sp³-hybridized carbons (Fsp3) is 0.0714. The van der Waals surface area contributed by atoms with Crippen LogP contribution in [0.2, 0.25) is 5.02 Å². The normalized spacial score (nSPS) is 11.3. The molecule has 0 unspecified atom stereocenters. The lowest BCUT2D eigenvalue weighted by Crippen LogP contribution is -2.35. The average molecular weight is 354 g/mol. The first-order chi connectivity index (χ1) is 9.60. The third kappa shape index (κ3) is 3.72. The zero-order valence-corrected chi connectivity index (χ0v) is 13.2. The van der Waals surface area contributed by atoms with Gasteiger partial charge in [-0.05, 0) is 52.7 Å². The number of rotatable bonds is 2. The van der Waals surface area contributed by atoms with Gasteiger partial charge in [-0.1, -0.05) is 29.8 Å². The van der Waals surface area contributed by atoms with Crippen LogP contribution in [-0.4, -0.2) is 5.96 Å². The molecule has 0 aliphatic heterocycles. The predicted octanol–water partition coefficient (Wildman–Crippen LogP) is 3.97. The second kappa shape index (κ2) is 6.74. The monoisotopic (exact) mass is 352 g/mol. The number of aryl methyl sites for hydroxylation is 1. The van der Waals surface area contributed by atoms with E-state index >= 15 is 0 Å². The predicted molar refractivity (Wildman–Crippen MR) is 88.4 cm³/mol. The molecule has 0 atom stereocenters. The molecular weight excluding hydrogens is 340 g/mol. The van der Waals surface area contributed by atoms with Gasteiger partial charge in [-0.3, -0.25) is 5.43 Å². The van der Waals surface area contributed by atoms with Crippen LogP contribution >= 0.6 is 27.5 Å². The number of hydrazine groups is 1. The molecule has 0 radical (unpaired) electrons. The first-order valence-electron chi connectivity index (χ1n) is 5.93. The number of aliphatic imine (C=N–C) groups is 1. The van der Waals surface area contributed by atoms with Crippen molar-refractivity contribution in [3.05, 3.63) is 57.5 Å². The van der Waals surface area contributed by atoms with Crippen molar-refractivity contribution in [1.82, 2.24) is 5.43 Å². The topological polar surface area (TPSA) is 62.4 Å². The number of nitrogens with two attached hydrogens (primary N) is 1. The summed E-state index contributed by atoms with van der Waals surface area (Å²) in [6.07, 6.45) is 0. The van der Waals surface area contributed by atoms with Crippen LogP contribution in [0, 0.1) is 6.92 Å². The van der Waals surface area contributed by atoms with E-state index in [2.05, 4.69) is 31.7 Å². The molecule has 0 saturated heterocycles. The van der Waals surface area contributed by atoms with Crippen LogP contribution in [0.4, 0.5) is 11.4 Å². The van der Waals surface area contributed by atoms with Crippen LogP contribution in [0.3, 0.4) is 0 Å². The second-order valence-corrected chi connectivity index (χ2v) is 5.41. The maximum atomic E-state index is 6.11. The van der Waals surface area contributed by atoms with Crippen molar-refractivity contribution >= 4 is 44.9 Å². The van der Waals surface area contributed by atoms with Crippen molar-refractivity contribution in [2.75, 3.05) is 5.32 Å². The summed E-state index contributed by atoms with van der Waals surface area (Å²) in [7, 11) is 0. The van der Waals surface area contributed by atoms with E-state index in [1.54, 1.807) is 6.07 Å². The molecule has 2 aromatic rings. The van der Waals surface area contributed by atoms with E-state index in [1.807, 2.05) is 43.3 Å². The summed E-state index contributed by atoms with van der Waals surface area (Å²) in [5.74, 6) is 5.92. The van der Waals surface area contributed by atoms with E-state index in [1.165, 1.54) is 0 Å². The highest BCUT2D eigenvalue weighted by Gasteiger charge is 2.05. The number of halogens is 2. The van der Waals surface area contributed by atoms with Crippen LogP contribution < -0.4 is 16.6 Å². The Hall–Kier alpha value is -1.56. The summed E-state index contributed by atoms with van der Waals surface area (Å²) in [6.45, 7) is 1.94. The molecule has 0 aliphatic carbocycles. The molecule has 0 heterocycles. The Kier molecular flexibility index (Phi) is 5.00. The summed E-state index contributed by atoms with van der Waals surface area (Å²) < 4.78 is 0.849. The fourth-order valence-electron chi connectivity index (χ4n) is 1.60. The van der Waals surface area contributed by atoms with Gasteiger partial charge in [0.2, 0.25) is 5.96 Å². The lowest BCUT2D eigenvalue weighted by Gasteiger charge is -2.10. The molecule has 0 saturated carbocycles. The van der Waals surface area contributed by atoms with Gasteiger partial charge >= 0.3 is 0 Å². The average Bonchev–Trinajstić information content (AvgIpc) is 2.45. The minimum absolute atomic E-state index is 0.428. The zero-order chi connectivity index (χ0) is 14.5. The van der Waals surface area contributed by atoms with Gasteiger partial charge < -0.3 is 5.32 Å². The number of para-hydroxylation sites is 1. The summed E-state index contributed by atoms with van der Waals surface area (Å²) in [5.41, 5.74) is 5.10. The zero-order valence-electron chi connectivity index (χ0n) is 10.8. The maximum Gasteiger partial charge on any atom is 0.215 e.